The average molecular weight is 526 g/mol. The van der Waals surface area contributed by atoms with E-state index >= 15 is 0 Å². The summed E-state index contributed by atoms with van der Waals surface area (Å²) >= 11 is 0. The number of benzene rings is 3. The van der Waals surface area contributed by atoms with Gasteiger partial charge < -0.3 is 20.5 Å². The van der Waals surface area contributed by atoms with E-state index in [4.69, 9.17) is 4.84 Å². The molecule has 0 aliphatic carbocycles. The molecule has 2 heterocycles. The van der Waals surface area contributed by atoms with Gasteiger partial charge in [-0.15, -0.1) is 0 Å². The number of hydroxylamine groups is 2. The Labute approximate surface area is 228 Å². The maximum Gasteiger partial charge on any atom is 0.240 e. The number of aromatic amines is 1. The third-order valence-electron chi connectivity index (χ3n) is 7.30. The molecule has 1 aliphatic rings. The normalized spacial score (nSPS) is 20.5. The van der Waals surface area contributed by atoms with Crippen LogP contribution in [-0.2, 0) is 22.6 Å². The molecule has 7 heteroatoms. The first-order chi connectivity index (χ1) is 19.0. The van der Waals surface area contributed by atoms with E-state index in [1.807, 2.05) is 66.9 Å². The third kappa shape index (κ3) is 6.29. The molecule has 4 N–H and O–H groups in total. The number of nitrogens with one attached hydrogen (secondary N) is 2. The maximum atomic E-state index is 13.4. The van der Waals surface area contributed by atoms with Crippen molar-refractivity contribution in [1.29, 1.82) is 0 Å². The lowest BCUT2D eigenvalue weighted by Gasteiger charge is -2.24. The van der Waals surface area contributed by atoms with Crippen molar-refractivity contribution in [2.45, 2.75) is 38.1 Å². The summed E-state index contributed by atoms with van der Waals surface area (Å²) in [5, 5.41) is 26.3. The number of carbonyl (C=O) groups excluding carboxylic acids is 1. The molecule has 0 bridgehead atoms. The largest absolute Gasteiger partial charge is 0.396 e. The Hall–Kier alpha value is -3.75. The summed E-state index contributed by atoms with van der Waals surface area (Å²) in [6, 6.07) is 25.5. The monoisotopic (exact) mass is 525 g/mol. The van der Waals surface area contributed by atoms with Gasteiger partial charge in [-0.05, 0) is 41.7 Å². The topological polar surface area (TPSA) is 97.8 Å². The number of aromatic nitrogens is 1. The molecule has 4 aromatic rings. The first-order valence-corrected chi connectivity index (χ1v) is 13.4. The first-order valence-electron chi connectivity index (χ1n) is 13.4. The van der Waals surface area contributed by atoms with Crippen LogP contribution >= 0.6 is 0 Å². The number of aliphatic hydroxyl groups excluding tert-OH is 2. The number of fused-ring (bicyclic) bond motifs is 1. The van der Waals surface area contributed by atoms with E-state index in [9.17, 15) is 15.0 Å². The number of nitrogens with zero attached hydrogens (tertiary/aromatic N) is 1. The van der Waals surface area contributed by atoms with Crippen LogP contribution in [-0.4, -0.2) is 57.6 Å². The van der Waals surface area contributed by atoms with Crippen LogP contribution in [0.5, 0.6) is 0 Å². The van der Waals surface area contributed by atoms with Gasteiger partial charge >= 0.3 is 0 Å². The summed E-state index contributed by atoms with van der Waals surface area (Å²) < 4.78 is 0. The number of amides is 1. The van der Waals surface area contributed by atoms with Crippen LogP contribution in [0.2, 0.25) is 0 Å². The number of H-pyrrole nitrogens is 1. The van der Waals surface area contributed by atoms with Crippen molar-refractivity contribution < 1.29 is 19.8 Å². The molecular formula is C32H35N3O4. The molecule has 39 heavy (non-hydrogen) atoms. The Morgan fingerprint density at radius 1 is 1.03 bits per heavy atom. The summed E-state index contributed by atoms with van der Waals surface area (Å²) in [5.41, 5.74) is 5.35. The van der Waals surface area contributed by atoms with Gasteiger partial charge in [-0.2, -0.15) is 5.06 Å². The van der Waals surface area contributed by atoms with Crippen LogP contribution in [0, 0.1) is 5.92 Å². The molecule has 1 aromatic heterocycles. The molecule has 1 fully saturated rings. The smallest absolute Gasteiger partial charge is 0.240 e. The molecule has 3 aromatic carbocycles. The molecule has 7 nitrogen and oxygen atoms in total. The Bertz CT molecular complexity index is 1400. The quantitative estimate of drug-likeness (QED) is 0.233. The van der Waals surface area contributed by atoms with Gasteiger partial charge in [0, 0.05) is 29.6 Å². The highest BCUT2D eigenvalue weighted by Gasteiger charge is 2.48. The highest BCUT2D eigenvalue weighted by Crippen LogP contribution is 2.31. The molecular weight excluding hydrogens is 490 g/mol. The fraction of sp³-hybridized carbons (Fsp3) is 0.281. The Morgan fingerprint density at radius 3 is 2.44 bits per heavy atom. The standard InChI is InChI=1S/C32H35N3O4/c1-22(37)31-28(21-36)30(32(38)33-18-17-26-19-34-29-10-6-5-9-27(26)29)35(39-31)20-25-15-13-24(14-16-25)12-11-23-7-3-2-4-8-23/h2-16,19,22,28,30-31,34,36-37H,17-18,20-21H2,1H3,(H,33,38)/b12-11-/t22-,28+,30+,31+/m0/s1. The highest BCUT2D eigenvalue weighted by molar-refractivity contribution is 5.84. The molecule has 0 unspecified atom stereocenters. The number of hydrogen-bond donors (Lipinski definition) is 4. The van der Waals surface area contributed by atoms with Crippen LogP contribution in [0.1, 0.15) is 29.2 Å². The maximum absolute atomic E-state index is 13.4. The van der Waals surface area contributed by atoms with Crippen molar-refractivity contribution in [2.24, 2.45) is 5.92 Å². The van der Waals surface area contributed by atoms with Crippen LogP contribution in [0.15, 0.2) is 85.1 Å². The van der Waals surface area contributed by atoms with Crippen molar-refractivity contribution in [2.75, 3.05) is 13.2 Å². The average Bonchev–Trinajstić information content (AvgIpc) is 3.54. The minimum absolute atomic E-state index is 0.223. The minimum Gasteiger partial charge on any atom is -0.396 e. The van der Waals surface area contributed by atoms with E-state index in [0.717, 1.165) is 33.2 Å². The van der Waals surface area contributed by atoms with E-state index in [1.165, 1.54) is 0 Å². The molecule has 1 amide bonds. The molecule has 1 aliphatic heterocycles. The fourth-order valence-electron chi connectivity index (χ4n) is 5.24. The molecule has 5 rings (SSSR count). The van der Waals surface area contributed by atoms with Gasteiger partial charge in [0.15, 0.2) is 0 Å². The predicted molar refractivity (Wildman–Crippen MR) is 153 cm³/mol. The molecule has 1 saturated heterocycles. The van der Waals surface area contributed by atoms with Gasteiger partial charge in [-0.25, -0.2) is 0 Å². The van der Waals surface area contributed by atoms with Crippen molar-refractivity contribution in [3.8, 4) is 0 Å². The van der Waals surface area contributed by atoms with Gasteiger partial charge in [0.1, 0.15) is 12.1 Å². The van der Waals surface area contributed by atoms with Gasteiger partial charge in [-0.3, -0.25) is 9.63 Å². The summed E-state index contributed by atoms with van der Waals surface area (Å²) in [6.45, 7) is 2.15. The minimum atomic E-state index is -0.834. The fourth-order valence-corrected chi connectivity index (χ4v) is 5.24. The van der Waals surface area contributed by atoms with Gasteiger partial charge in [-0.1, -0.05) is 84.9 Å². The van der Waals surface area contributed by atoms with Crippen molar-refractivity contribution in [1.82, 2.24) is 15.4 Å². The zero-order valence-corrected chi connectivity index (χ0v) is 22.0. The van der Waals surface area contributed by atoms with E-state index in [2.05, 4.69) is 40.7 Å². The van der Waals surface area contributed by atoms with Crippen LogP contribution < -0.4 is 5.32 Å². The number of rotatable bonds is 10. The van der Waals surface area contributed by atoms with Crippen LogP contribution in [0.3, 0.4) is 0 Å². The number of hydrogen-bond acceptors (Lipinski definition) is 5. The predicted octanol–water partition coefficient (Wildman–Crippen LogP) is 4.17. The van der Waals surface area contributed by atoms with Gasteiger partial charge in [0.25, 0.3) is 0 Å². The Balaban J connectivity index is 1.25. The lowest BCUT2D eigenvalue weighted by Crippen LogP contribution is -2.48. The molecule has 202 valence electrons. The van der Waals surface area contributed by atoms with Crippen molar-refractivity contribution >= 4 is 29.0 Å². The molecule has 4 atom stereocenters. The van der Waals surface area contributed by atoms with Crippen molar-refractivity contribution in [3.63, 3.8) is 0 Å². The zero-order chi connectivity index (χ0) is 27.2. The zero-order valence-electron chi connectivity index (χ0n) is 22.0. The summed E-state index contributed by atoms with van der Waals surface area (Å²) in [5.74, 6) is -0.773. The van der Waals surface area contributed by atoms with Crippen LogP contribution in [0.4, 0.5) is 0 Å². The van der Waals surface area contributed by atoms with E-state index < -0.39 is 24.2 Å². The Morgan fingerprint density at radius 2 is 1.72 bits per heavy atom. The lowest BCUT2D eigenvalue weighted by atomic mass is 9.92. The lowest BCUT2D eigenvalue weighted by molar-refractivity contribution is -0.192. The number of para-hydroxylation sites is 1. The third-order valence-corrected chi connectivity index (χ3v) is 7.30. The van der Waals surface area contributed by atoms with Crippen LogP contribution in [0.25, 0.3) is 23.1 Å². The molecule has 0 spiro atoms. The van der Waals surface area contributed by atoms with E-state index in [-0.39, 0.29) is 12.5 Å². The van der Waals surface area contributed by atoms with Crippen molar-refractivity contribution in [3.05, 3.63) is 107 Å². The Kier molecular flexibility index (Phi) is 8.54. The van der Waals surface area contributed by atoms with Gasteiger partial charge in [0.05, 0.1) is 19.3 Å². The second kappa shape index (κ2) is 12.4. The number of aliphatic hydroxyl groups is 2. The number of carbonyl (C=O) groups is 1. The second-order valence-corrected chi connectivity index (χ2v) is 10.1. The van der Waals surface area contributed by atoms with E-state index in [1.54, 1.807) is 12.0 Å². The summed E-state index contributed by atoms with van der Waals surface area (Å²) in [7, 11) is 0. The van der Waals surface area contributed by atoms with E-state index in [0.29, 0.717) is 19.5 Å². The SMILES string of the molecule is C[C@H](O)[C@H]1ON(Cc2ccc(/C=C\c3ccccc3)cc2)[C@@H](C(=O)NCCc2c[nH]c3ccccc23)[C@H]1CO. The summed E-state index contributed by atoms with van der Waals surface area (Å²) in [4.78, 5) is 22.7. The molecule has 0 saturated carbocycles. The molecule has 0 radical (unpaired) electrons. The summed E-state index contributed by atoms with van der Waals surface area (Å²) in [6.07, 6.45) is 5.26. The highest BCUT2D eigenvalue weighted by atomic mass is 16.7. The second-order valence-electron chi connectivity index (χ2n) is 10.1. The first kappa shape index (κ1) is 26.8. The van der Waals surface area contributed by atoms with Gasteiger partial charge in [0.2, 0.25) is 5.91 Å².